The number of amides is 2. The number of carbonyl (C=O) groups is 2. The molecule has 2 rings (SSSR count). The molecule has 0 aliphatic carbocycles. The molecule has 1 aromatic heterocycles. The molecule has 0 atom stereocenters. The maximum atomic E-state index is 11.8. The zero-order chi connectivity index (χ0) is 13.1. The molecule has 18 heavy (non-hydrogen) atoms. The molecule has 0 unspecified atom stereocenters. The van der Waals surface area contributed by atoms with Crippen molar-refractivity contribution in [2.24, 2.45) is 5.73 Å². The van der Waals surface area contributed by atoms with Gasteiger partial charge < -0.3 is 16.8 Å². The van der Waals surface area contributed by atoms with Gasteiger partial charge in [0.2, 0.25) is 0 Å². The average molecular weight is 262 g/mol. The highest BCUT2D eigenvalue weighted by Gasteiger charge is 2.13. The minimum atomic E-state index is -0.608. The number of benzene rings is 1. The summed E-state index contributed by atoms with van der Waals surface area (Å²) in [5.41, 5.74) is 11.4. The van der Waals surface area contributed by atoms with Gasteiger partial charge >= 0.3 is 0 Å². The van der Waals surface area contributed by atoms with Crippen molar-refractivity contribution >= 4 is 34.0 Å². The van der Waals surface area contributed by atoms with Crippen molar-refractivity contribution in [2.45, 2.75) is 0 Å². The minimum Gasteiger partial charge on any atom is -0.375 e. The number of carbonyl (C=O) groups excluding carboxylic acids is 2. The normalized spacial score (nSPS) is 10.0. The van der Waals surface area contributed by atoms with Crippen LogP contribution in [0.25, 0.3) is 0 Å². The zero-order valence-electron chi connectivity index (χ0n) is 9.21. The monoisotopic (exact) mass is 262 g/mol. The number of para-hydroxylation sites is 1. The van der Waals surface area contributed by atoms with Crippen molar-refractivity contribution in [3.8, 4) is 0 Å². The van der Waals surface area contributed by atoms with Crippen molar-refractivity contribution in [1.29, 1.82) is 0 Å². The molecular formula is C11H10N4O2S. The Bertz CT molecular complexity index is 609. The Balaban J connectivity index is 2.24. The van der Waals surface area contributed by atoms with E-state index in [4.69, 9.17) is 11.5 Å². The highest BCUT2D eigenvalue weighted by molar-refractivity contribution is 7.13. The molecule has 5 N–H and O–H groups in total. The van der Waals surface area contributed by atoms with Gasteiger partial charge in [-0.05, 0) is 12.1 Å². The quantitative estimate of drug-likeness (QED) is 0.768. The van der Waals surface area contributed by atoms with E-state index in [0.717, 1.165) is 0 Å². The topological polar surface area (TPSA) is 111 Å². The number of nitrogens with one attached hydrogen (secondary N) is 1. The highest BCUT2D eigenvalue weighted by atomic mass is 32.1. The van der Waals surface area contributed by atoms with E-state index in [2.05, 4.69) is 10.3 Å². The summed E-state index contributed by atoms with van der Waals surface area (Å²) in [5, 5.41) is 4.42. The van der Waals surface area contributed by atoms with Crippen molar-refractivity contribution in [1.82, 2.24) is 4.98 Å². The van der Waals surface area contributed by atoms with Gasteiger partial charge in [0, 0.05) is 5.38 Å². The number of primary amides is 1. The minimum absolute atomic E-state index is 0.205. The lowest BCUT2D eigenvalue weighted by Gasteiger charge is -2.07. The summed E-state index contributed by atoms with van der Waals surface area (Å²) in [7, 11) is 0. The van der Waals surface area contributed by atoms with Crippen molar-refractivity contribution < 1.29 is 9.59 Å². The van der Waals surface area contributed by atoms with E-state index in [0.29, 0.717) is 10.8 Å². The van der Waals surface area contributed by atoms with Crippen molar-refractivity contribution in [2.75, 3.05) is 11.1 Å². The van der Waals surface area contributed by atoms with Crippen LogP contribution >= 0.6 is 11.3 Å². The van der Waals surface area contributed by atoms with Gasteiger partial charge in [-0.15, -0.1) is 11.3 Å². The molecule has 0 bridgehead atoms. The predicted molar refractivity (Wildman–Crippen MR) is 69.4 cm³/mol. The SMILES string of the molecule is NC(=O)c1ccccc1NC(=O)c1csc(N)n1. The van der Waals surface area contributed by atoms with Gasteiger partial charge in [0.1, 0.15) is 5.69 Å². The number of anilines is 2. The van der Waals surface area contributed by atoms with E-state index in [1.165, 1.54) is 22.8 Å². The first kappa shape index (κ1) is 12.1. The van der Waals surface area contributed by atoms with Crippen molar-refractivity contribution in [3.05, 3.63) is 40.9 Å². The summed E-state index contributed by atoms with van der Waals surface area (Å²) in [4.78, 5) is 26.9. The lowest BCUT2D eigenvalue weighted by molar-refractivity contribution is 0.100. The number of rotatable bonds is 3. The van der Waals surface area contributed by atoms with Crippen LogP contribution < -0.4 is 16.8 Å². The Morgan fingerprint density at radius 2 is 2.00 bits per heavy atom. The molecule has 0 aliphatic heterocycles. The fraction of sp³-hybridized carbons (Fsp3) is 0. The molecule has 2 aromatic rings. The summed E-state index contributed by atoms with van der Waals surface area (Å²) in [5.74, 6) is -1.04. The smallest absolute Gasteiger partial charge is 0.275 e. The lowest BCUT2D eigenvalue weighted by atomic mass is 10.1. The second-order valence-corrected chi connectivity index (χ2v) is 4.32. The Hall–Kier alpha value is -2.41. The molecule has 1 heterocycles. The number of hydrogen-bond donors (Lipinski definition) is 3. The zero-order valence-corrected chi connectivity index (χ0v) is 10.0. The number of aromatic nitrogens is 1. The van der Waals surface area contributed by atoms with E-state index in [9.17, 15) is 9.59 Å². The highest BCUT2D eigenvalue weighted by Crippen LogP contribution is 2.17. The van der Waals surface area contributed by atoms with Crippen LogP contribution in [0.5, 0.6) is 0 Å². The third kappa shape index (κ3) is 2.46. The molecule has 0 fully saturated rings. The fourth-order valence-corrected chi connectivity index (χ4v) is 1.93. The molecule has 0 saturated heterocycles. The van der Waals surface area contributed by atoms with Crippen LogP contribution in [0.3, 0.4) is 0 Å². The van der Waals surface area contributed by atoms with E-state index in [-0.39, 0.29) is 11.3 Å². The lowest BCUT2D eigenvalue weighted by Crippen LogP contribution is -2.18. The van der Waals surface area contributed by atoms with Crippen LogP contribution in [0, 0.1) is 0 Å². The Labute approximate surface area is 107 Å². The number of nitrogens with zero attached hydrogens (tertiary/aromatic N) is 1. The summed E-state index contributed by atoms with van der Waals surface area (Å²) in [6.07, 6.45) is 0. The fourth-order valence-electron chi connectivity index (χ4n) is 1.39. The second kappa shape index (κ2) is 4.84. The van der Waals surface area contributed by atoms with Crippen LogP contribution in [0.1, 0.15) is 20.8 Å². The van der Waals surface area contributed by atoms with Gasteiger partial charge in [0.25, 0.3) is 11.8 Å². The third-order valence-electron chi connectivity index (χ3n) is 2.20. The average Bonchev–Trinajstić information content (AvgIpc) is 2.76. The molecular weight excluding hydrogens is 252 g/mol. The Morgan fingerprint density at radius 1 is 1.28 bits per heavy atom. The molecule has 0 spiro atoms. The van der Waals surface area contributed by atoms with E-state index >= 15 is 0 Å². The van der Waals surface area contributed by atoms with E-state index < -0.39 is 11.8 Å². The molecule has 92 valence electrons. The van der Waals surface area contributed by atoms with Gasteiger partial charge in [-0.25, -0.2) is 4.98 Å². The molecule has 0 saturated carbocycles. The van der Waals surface area contributed by atoms with Crippen molar-refractivity contribution in [3.63, 3.8) is 0 Å². The number of nitrogens with two attached hydrogens (primary N) is 2. The third-order valence-corrected chi connectivity index (χ3v) is 2.87. The van der Waals surface area contributed by atoms with Gasteiger partial charge in [-0.2, -0.15) is 0 Å². The Kier molecular flexibility index (Phi) is 3.24. The Morgan fingerprint density at radius 3 is 2.61 bits per heavy atom. The van der Waals surface area contributed by atoms with Crippen LogP contribution in [-0.4, -0.2) is 16.8 Å². The molecule has 1 aromatic carbocycles. The van der Waals surface area contributed by atoms with Crippen LogP contribution in [0.15, 0.2) is 29.6 Å². The number of thiazole rings is 1. The van der Waals surface area contributed by atoms with Gasteiger partial charge in [-0.3, -0.25) is 9.59 Å². The molecule has 0 aliphatic rings. The molecule has 0 radical (unpaired) electrons. The van der Waals surface area contributed by atoms with Crippen LogP contribution in [0.4, 0.5) is 10.8 Å². The number of nitrogen functional groups attached to an aromatic ring is 1. The summed E-state index contributed by atoms with van der Waals surface area (Å²) in [6, 6.07) is 6.48. The predicted octanol–water partition coefficient (Wildman–Crippen LogP) is 1.08. The second-order valence-electron chi connectivity index (χ2n) is 3.43. The molecule has 2 amide bonds. The van der Waals surface area contributed by atoms with E-state index in [1.54, 1.807) is 18.2 Å². The van der Waals surface area contributed by atoms with Gasteiger partial charge in [-0.1, -0.05) is 12.1 Å². The summed E-state index contributed by atoms with van der Waals surface area (Å²) < 4.78 is 0. The first-order valence-electron chi connectivity index (χ1n) is 4.99. The maximum Gasteiger partial charge on any atom is 0.275 e. The molecule has 7 heteroatoms. The van der Waals surface area contributed by atoms with Crippen LogP contribution in [-0.2, 0) is 0 Å². The first-order valence-corrected chi connectivity index (χ1v) is 5.87. The van der Waals surface area contributed by atoms with Gasteiger partial charge in [0.05, 0.1) is 11.3 Å². The summed E-state index contributed by atoms with van der Waals surface area (Å²) in [6.45, 7) is 0. The first-order chi connectivity index (χ1) is 8.58. The standard InChI is InChI=1S/C11H10N4O2S/c12-9(16)6-3-1-2-4-7(6)14-10(17)8-5-18-11(13)15-8/h1-5H,(H2,12,16)(H2,13,15)(H,14,17). The summed E-state index contributed by atoms with van der Waals surface area (Å²) >= 11 is 1.17. The van der Waals surface area contributed by atoms with E-state index in [1.807, 2.05) is 0 Å². The maximum absolute atomic E-state index is 11.8. The van der Waals surface area contributed by atoms with Gasteiger partial charge in [0.15, 0.2) is 5.13 Å². The van der Waals surface area contributed by atoms with Crippen LogP contribution in [0.2, 0.25) is 0 Å². The largest absolute Gasteiger partial charge is 0.375 e. The number of hydrogen-bond acceptors (Lipinski definition) is 5. The molecule has 6 nitrogen and oxygen atoms in total.